The number of alkyl halides is 3. The Balaban J connectivity index is 2.83. The summed E-state index contributed by atoms with van der Waals surface area (Å²) in [6, 6.07) is 5.34. The predicted octanol–water partition coefficient (Wildman–Crippen LogP) is 3.03. The molecule has 0 radical (unpaired) electrons. The molecule has 0 aliphatic rings. The SMILES string of the molecule is CCC(O)c1cccc(OC(F)(F)F)c1. The van der Waals surface area contributed by atoms with Gasteiger partial charge in [0.15, 0.2) is 0 Å². The summed E-state index contributed by atoms with van der Waals surface area (Å²) in [6.45, 7) is 1.74. The highest BCUT2D eigenvalue weighted by Crippen LogP contribution is 2.26. The molecule has 0 aliphatic heterocycles. The number of aliphatic hydroxyl groups is 1. The van der Waals surface area contributed by atoms with E-state index in [1.807, 2.05) is 0 Å². The van der Waals surface area contributed by atoms with E-state index in [1.54, 1.807) is 13.0 Å². The van der Waals surface area contributed by atoms with Crippen molar-refractivity contribution >= 4 is 0 Å². The van der Waals surface area contributed by atoms with Gasteiger partial charge in [-0.25, -0.2) is 0 Å². The van der Waals surface area contributed by atoms with E-state index in [0.717, 1.165) is 0 Å². The van der Waals surface area contributed by atoms with Crippen LogP contribution in [0.2, 0.25) is 0 Å². The summed E-state index contributed by atoms with van der Waals surface area (Å²) in [4.78, 5) is 0. The summed E-state index contributed by atoms with van der Waals surface area (Å²) < 4.78 is 39.3. The van der Waals surface area contributed by atoms with Crippen molar-refractivity contribution in [3.8, 4) is 5.75 Å². The summed E-state index contributed by atoms with van der Waals surface area (Å²) in [7, 11) is 0. The summed E-state index contributed by atoms with van der Waals surface area (Å²) in [5.41, 5.74) is 0.416. The summed E-state index contributed by atoms with van der Waals surface area (Å²) in [5.74, 6) is -0.312. The minimum absolute atomic E-state index is 0.312. The Morgan fingerprint density at radius 1 is 1.40 bits per heavy atom. The van der Waals surface area contributed by atoms with Crippen molar-refractivity contribution in [1.29, 1.82) is 0 Å². The molecule has 1 atom stereocenters. The fourth-order valence-electron chi connectivity index (χ4n) is 1.15. The van der Waals surface area contributed by atoms with Gasteiger partial charge in [0.05, 0.1) is 6.10 Å². The molecule has 0 saturated heterocycles. The van der Waals surface area contributed by atoms with Gasteiger partial charge in [-0.1, -0.05) is 19.1 Å². The van der Waals surface area contributed by atoms with Crippen molar-refractivity contribution < 1.29 is 23.0 Å². The number of rotatable bonds is 3. The van der Waals surface area contributed by atoms with Crippen LogP contribution in [-0.2, 0) is 0 Å². The van der Waals surface area contributed by atoms with E-state index in [9.17, 15) is 18.3 Å². The van der Waals surface area contributed by atoms with Crippen LogP contribution in [0.3, 0.4) is 0 Å². The van der Waals surface area contributed by atoms with Crippen LogP contribution < -0.4 is 4.74 Å². The minimum Gasteiger partial charge on any atom is -0.406 e. The van der Waals surface area contributed by atoms with Crippen LogP contribution in [0.15, 0.2) is 24.3 Å². The lowest BCUT2D eigenvalue weighted by Crippen LogP contribution is -2.17. The van der Waals surface area contributed by atoms with E-state index in [-0.39, 0.29) is 5.75 Å². The Hall–Kier alpha value is -1.23. The first-order valence-electron chi connectivity index (χ1n) is 4.46. The number of aliphatic hydroxyl groups excluding tert-OH is 1. The van der Waals surface area contributed by atoms with Gasteiger partial charge < -0.3 is 9.84 Å². The van der Waals surface area contributed by atoms with Gasteiger partial charge in [-0.05, 0) is 24.1 Å². The maximum Gasteiger partial charge on any atom is 0.573 e. The Bertz CT molecular complexity index is 323. The van der Waals surface area contributed by atoms with E-state index in [4.69, 9.17) is 0 Å². The molecule has 0 aliphatic carbocycles. The zero-order valence-electron chi connectivity index (χ0n) is 8.08. The summed E-state index contributed by atoms with van der Waals surface area (Å²) in [5, 5.41) is 9.42. The lowest BCUT2D eigenvalue weighted by Gasteiger charge is -2.12. The van der Waals surface area contributed by atoms with Gasteiger partial charge >= 0.3 is 6.36 Å². The van der Waals surface area contributed by atoms with Crippen molar-refractivity contribution in [3.63, 3.8) is 0 Å². The van der Waals surface area contributed by atoms with Crippen LogP contribution in [0.4, 0.5) is 13.2 Å². The molecular weight excluding hydrogens is 209 g/mol. The molecule has 15 heavy (non-hydrogen) atoms. The zero-order chi connectivity index (χ0) is 11.5. The fraction of sp³-hybridized carbons (Fsp3) is 0.400. The van der Waals surface area contributed by atoms with Crippen LogP contribution in [0.25, 0.3) is 0 Å². The van der Waals surface area contributed by atoms with Crippen LogP contribution in [0, 0.1) is 0 Å². The number of hydrogen-bond donors (Lipinski definition) is 1. The Morgan fingerprint density at radius 2 is 2.07 bits per heavy atom. The lowest BCUT2D eigenvalue weighted by atomic mass is 10.1. The van der Waals surface area contributed by atoms with Crippen molar-refractivity contribution in [3.05, 3.63) is 29.8 Å². The predicted molar refractivity (Wildman–Crippen MR) is 48.4 cm³/mol. The van der Waals surface area contributed by atoms with Gasteiger partial charge in [-0.3, -0.25) is 0 Å². The van der Waals surface area contributed by atoms with Gasteiger partial charge in [-0.15, -0.1) is 13.2 Å². The van der Waals surface area contributed by atoms with E-state index in [1.165, 1.54) is 18.2 Å². The average Bonchev–Trinajstić information content (AvgIpc) is 2.14. The second-order valence-electron chi connectivity index (χ2n) is 3.04. The number of halogens is 3. The van der Waals surface area contributed by atoms with Gasteiger partial charge in [-0.2, -0.15) is 0 Å². The maximum atomic E-state index is 11.9. The van der Waals surface area contributed by atoms with Crippen LogP contribution in [0.5, 0.6) is 5.75 Å². The van der Waals surface area contributed by atoms with Crippen LogP contribution >= 0.6 is 0 Å². The molecule has 1 N–H and O–H groups in total. The van der Waals surface area contributed by atoms with Crippen molar-refractivity contribution in [1.82, 2.24) is 0 Å². The summed E-state index contributed by atoms with van der Waals surface area (Å²) >= 11 is 0. The zero-order valence-corrected chi connectivity index (χ0v) is 8.08. The molecule has 84 valence electrons. The molecule has 0 bridgehead atoms. The highest BCUT2D eigenvalue weighted by atomic mass is 19.4. The third-order valence-electron chi connectivity index (χ3n) is 1.86. The first kappa shape index (κ1) is 11.8. The average molecular weight is 220 g/mol. The van der Waals surface area contributed by atoms with Gasteiger partial charge in [0.2, 0.25) is 0 Å². The van der Waals surface area contributed by atoms with Crippen molar-refractivity contribution in [2.45, 2.75) is 25.8 Å². The van der Waals surface area contributed by atoms with Crippen molar-refractivity contribution in [2.24, 2.45) is 0 Å². The third-order valence-corrected chi connectivity index (χ3v) is 1.86. The number of hydrogen-bond acceptors (Lipinski definition) is 2. The normalized spacial score (nSPS) is 13.7. The second-order valence-corrected chi connectivity index (χ2v) is 3.04. The van der Waals surface area contributed by atoms with E-state index < -0.39 is 12.5 Å². The monoisotopic (exact) mass is 220 g/mol. The molecule has 1 aromatic rings. The Morgan fingerprint density at radius 3 is 2.60 bits per heavy atom. The first-order valence-corrected chi connectivity index (χ1v) is 4.46. The molecular formula is C10H11F3O2. The van der Waals surface area contributed by atoms with Crippen molar-refractivity contribution in [2.75, 3.05) is 0 Å². The fourth-order valence-corrected chi connectivity index (χ4v) is 1.15. The molecule has 0 fully saturated rings. The first-order chi connectivity index (χ1) is 6.92. The molecule has 2 nitrogen and oxygen atoms in total. The quantitative estimate of drug-likeness (QED) is 0.848. The van der Waals surface area contributed by atoms with E-state index in [0.29, 0.717) is 12.0 Å². The summed E-state index contributed by atoms with van der Waals surface area (Å²) in [6.07, 6.45) is -5.02. The lowest BCUT2D eigenvalue weighted by molar-refractivity contribution is -0.274. The Labute approximate surface area is 85.3 Å². The van der Waals surface area contributed by atoms with Gasteiger partial charge in [0.25, 0.3) is 0 Å². The minimum atomic E-state index is -4.70. The molecule has 0 aromatic heterocycles. The standard InChI is InChI=1S/C10H11F3O2/c1-2-9(14)7-4-3-5-8(6-7)15-10(11,12)13/h3-6,9,14H,2H2,1H3. The van der Waals surface area contributed by atoms with Crippen LogP contribution in [0.1, 0.15) is 25.0 Å². The maximum absolute atomic E-state index is 11.9. The molecule has 0 saturated carbocycles. The molecule has 0 heterocycles. The van der Waals surface area contributed by atoms with Crippen LogP contribution in [-0.4, -0.2) is 11.5 Å². The van der Waals surface area contributed by atoms with E-state index >= 15 is 0 Å². The number of benzene rings is 1. The second kappa shape index (κ2) is 4.53. The molecule has 0 amide bonds. The highest BCUT2D eigenvalue weighted by Gasteiger charge is 2.31. The smallest absolute Gasteiger partial charge is 0.406 e. The largest absolute Gasteiger partial charge is 0.573 e. The van der Waals surface area contributed by atoms with Gasteiger partial charge in [0, 0.05) is 0 Å². The molecule has 0 spiro atoms. The molecule has 1 rings (SSSR count). The molecule has 1 aromatic carbocycles. The van der Waals surface area contributed by atoms with Gasteiger partial charge in [0.1, 0.15) is 5.75 Å². The Kier molecular flexibility index (Phi) is 3.57. The topological polar surface area (TPSA) is 29.5 Å². The molecule has 1 unspecified atom stereocenters. The third kappa shape index (κ3) is 3.79. The highest BCUT2D eigenvalue weighted by molar-refractivity contribution is 5.29. The molecule has 5 heteroatoms. The number of ether oxygens (including phenoxy) is 1. The van der Waals surface area contributed by atoms with E-state index in [2.05, 4.69) is 4.74 Å².